The van der Waals surface area contributed by atoms with E-state index < -0.39 is 34.3 Å². The Morgan fingerprint density at radius 2 is 1.88 bits per heavy atom. The third-order valence-electron chi connectivity index (χ3n) is 5.97. The molecule has 0 saturated heterocycles. The number of aryl methyl sites for hydroxylation is 1. The molecule has 0 aliphatic carbocycles. The number of hydrazone groups is 1. The molecule has 2 aromatic carbocycles. The summed E-state index contributed by atoms with van der Waals surface area (Å²) in [6.45, 7) is 5.66. The van der Waals surface area contributed by atoms with Gasteiger partial charge in [0, 0.05) is 12.7 Å². The summed E-state index contributed by atoms with van der Waals surface area (Å²) in [4.78, 5) is 12.3. The summed E-state index contributed by atoms with van der Waals surface area (Å²) >= 11 is 1.12. The number of nitrogens with zero attached hydrogens (tertiary/aromatic N) is 2. The van der Waals surface area contributed by atoms with Crippen LogP contribution in [0.3, 0.4) is 0 Å². The van der Waals surface area contributed by atoms with Crippen molar-refractivity contribution >= 4 is 22.7 Å². The molecule has 2 aromatic rings. The molecule has 0 fully saturated rings. The molecule has 1 amide bonds. The minimum absolute atomic E-state index is 0.0681. The van der Waals surface area contributed by atoms with Crippen LogP contribution in [0, 0.1) is 30.3 Å². The molecule has 33 heavy (non-hydrogen) atoms. The molecule has 1 aliphatic rings. The first-order chi connectivity index (χ1) is 15.7. The van der Waals surface area contributed by atoms with E-state index >= 15 is 0 Å². The second-order valence-corrected chi connectivity index (χ2v) is 9.21. The lowest BCUT2D eigenvalue weighted by atomic mass is 9.84. The molecular weight excluding hydrogens is 451 g/mol. The van der Waals surface area contributed by atoms with E-state index in [0.29, 0.717) is 24.9 Å². The minimum atomic E-state index is -1.22. The summed E-state index contributed by atoms with van der Waals surface area (Å²) in [7, 11) is 1.40. The summed E-state index contributed by atoms with van der Waals surface area (Å²) in [5, 5.41) is 5.88. The van der Waals surface area contributed by atoms with Gasteiger partial charge in [0.25, 0.3) is 5.91 Å². The van der Waals surface area contributed by atoms with Gasteiger partial charge in [-0.15, -0.1) is 0 Å². The second kappa shape index (κ2) is 10.3. The average Bonchev–Trinajstić information content (AvgIpc) is 3.20. The highest BCUT2D eigenvalue weighted by Gasteiger charge is 2.54. The lowest BCUT2D eigenvalue weighted by molar-refractivity contribution is -0.146. The molecule has 0 aromatic heterocycles. The lowest BCUT2D eigenvalue weighted by Gasteiger charge is -2.43. The molecule has 9 heteroatoms. The highest BCUT2D eigenvalue weighted by Crippen LogP contribution is 2.55. The van der Waals surface area contributed by atoms with Gasteiger partial charge in [0.1, 0.15) is 33.5 Å². The highest BCUT2D eigenvalue weighted by molar-refractivity contribution is 8.15. The number of thioether (sulfide) groups is 1. The van der Waals surface area contributed by atoms with Gasteiger partial charge in [-0.2, -0.15) is 5.10 Å². The van der Waals surface area contributed by atoms with Gasteiger partial charge < -0.3 is 10.5 Å². The van der Waals surface area contributed by atoms with Crippen molar-refractivity contribution in [3.05, 3.63) is 70.5 Å². The van der Waals surface area contributed by atoms with Crippen LogP contribution < -0.4 is 5.73 Å². The standard InChI is InChI=1S/C24H28F3N3O2S/c1-5-16(10-11-28)24(20-13-18(26)7-6-14(20)2)30(23(31)15(3)32-4)29-22(33-24)19-12-17(25)8-9-21(19)27/h6-9,12-13,15-16H,5,10-11,28H2,1-4H3/t15-,16+,24+/m0/s1. The Morgan fingerprint density at radius 3 is 2.52 bits per heavy atom. The van der Waals surface area contributed by atoms with E-state index in [0.717, 1.165) is 35.5 Å². The van der Waals surface area contributed by atoms with Crippen LogP contribution >= 0.6 is 11.8 Å². The Kier molecular flexibility index (Phi) is 7.87. The van der Waals surface area contributed by atoms with Crippen LogP contribution in [-0.4, -0.2) is 35.7 Å². The van der Waals surface area contributed by atoms with Crippen molar-refractivity contribution < 1.29 is 22.7 Å². The maximum Gasteiger partial charge on any atom is 0.273 e. The van der Waals surface area contributed by atoms with E-state index in [9.17, 15) is 18.0 Å². The third-order valence-corrected chi connectivity index (χ3v) is 7.51. The van der Waals surface area contributed by atoms with Gasteiger partial charge in [0.15, 0.2) is 0 Å². The van der Waals surface area contributed by atoms with Crippen molar-refractivity contribution in [2.75, 3.05) is 13.7 Å². The van der Waals surface area contributed by atoms with Gasteiger partial charge in [-0.3, -0.25) is 4.79 Å². The molecule has 0 unspecified atom stereocenters. The zero-order valence-electron chi connectivity index (χ0n) is 19.1. The van der Waals surface area contributed by atoms with Crippen LogP contribution in [0.25, 0.3) is 0 Å². The molecule has 178 valence electrons. The Morgan fingerprint density at radius 1 is 1.21 bits per heavy atom. The molecule has 1 heterocycles. The van der Waals surface area contributed by atoms with Crippen LogP contribution in [0.15, 0.2) is 41.5 Å². The Bertz CT molecular complexity index is 1070. The van der Waals surface area contributed by atoms with E-state index in [1.54, 1.807) is 13.0 Å². The lowest BCUT2D eigenvalue weighted by Crippen LogP contribution is -2.50. The number of halogens is 3. The predicted octanol–water partition coefficient (Wildman–Crippen LogP) is 4.91. The van der Waals surface area contributed by atoms with E-state index in [1.807, 2.05) is 13.8 Å². The maximum atomic E-state index is 14.7. The summed E-state index contributed by atoms with van der Waals surface area (Å²) in [5.41, 5.74) is 7.11. The summed E-state index contributed by atoms with van der Waals surface area (Å²) < 4.78 is 48.5. The normalized spacial score (nSPS) is 20.0. The van der Waals surface area contributed by atoms with Crippen molar-refractivity contribution in [1.82, 2.24) is 5.01 Å². The van der Waals surface area contributed by atoms with E-state index in [-0.39, 0.29) is 16.5 Å². The number of carbonyl (C=O) groups is 1. The van der Waals surface area contributed by atoms with Crippen molar-refractivity contribution in [2.24, 2.45) is 16.8 Å². The first kappa shape index (κ1) is 25.3. The second-order valence-electron chi connectivity index (χ2n) is 8.00. The number of hydrogen-bond acceptors (Lipinski definition) is 5. The van der Waals surface area contributed by atoms with E-state index in [4.69, 9.17) is 10.5 Å². The quantitative estimate of drug-likeness (QED) is 0.584. The highest BCUT2D eigenvalue weighted by atomic mass is 32.2. The Balaban J connectivity index is 2.32. The SMILES string of the molecule is CC[C@H](CCN)[C@]1(c2cc(F)ccc2C)SC(c2cc(F)ccc2F)=NN1C(=O)[C@H](C)OC. The van der Waals surface area contributed by atoms with E-state index in [1.165, 1.54) is 24.3 Å². The monoisotopic (exact) mass is 479 g/mol. The number of carbonyl (C=O) groups excluding carboxylic acids is 1. The Hall–Kier alpha value is -2.36. The minimum Gasteiger partial charge on any atom is -0.372 e. The van der Waals surface area contributed by atoms with Crippen LogP contribution in [0.1, 0.15) is 43.4 Å². The van der Waals surface area contributed by atoms with Gasteiger partial charge in [-0.05, 0) is 80.6 Å². The molecule has 5 nitrogen and oxygen atoms in total. The summed E-state index contributed by atoms with van der Waals surface area (Å²) in [5.74, 6) is -2.52. The number of hydrogen-bond donors (Lipinski definition) is 1. The Labute approximate surface area is 196 Å². The molecule has 0 saturated carbocycles. The first-order valence-corrected chi connectivity index (χ1v) is 11.6. The fraction of sp³-hybridized carbons (Fsp3) is 0.417. The zero-order valence-corrected chi connectivity index (χ0v) is 19.9. The van der Waals surface area contributed by atoms with Crippen LogP contribution in [0.4, 0.5) is 13.2 Å². The van der Waals surface area contributed by atoms with Crippen LogP contribution in [-0.2, 0) is 14.4 Å². The van der Waals surface area contributed by atoms with Gasteiger partial charge >= 0.3 is 0 Å². The topological polar surface area (TPSA) is 67.9 Å². The molecule has 0 bridgehead atoms. The smallest absolute Gasteiger partial charge is 0.273 e. The van der Waals surface area contributed by atoms with E-state index in [2.05, 4.69) is 5.10 Å². The van der Waals surface area contributed by atoms with Crippen molar-refractivity contribution in [3.8, 4) is 0 Å². The maximum absolute atomic E-state index is 14.7. The van der Waals surface area contributed by atoms with Gasteiger partial charge in [-0.1, -0.05) is 24.8 Å². The predicted molar refractivity (Wildman–Crippen MR) is 124 cm³/mol. The molecule has 0 spiro atoms. The number of ether oxygens (including phenoxy) is 1. The number of rotatable bonds is 8. The summed E-state index contributed by atoms with van der Waals surface area (Å²) in [6.07, 6.45) is 0.216. The number of benzene rings is 2. The van der Waals surface area contributed by atoms with Crippen molar-refractivity contribution in [3.63, 3.8) is 0 Å². The van der Waals surface area contributed by atoms with Crippen molar-refractivity contribution in [1.29, 1.82) is 0 Å². The van der Waals surface area contributed by atoms with Crippen LogP contribution in [0.5, 0.6) is 0 Å². The van der Waals surface area contributed by atoms with Gasteiger partial charge in [0.05, 0.1) is 0 Å². The molecule has 3 atom stereocenters. The number of methoxy groups -OCH3 is 1. The zero-order chi connectivity index (χ0) is 24.3. The number of amides is 1. The summed E-state index contributed by atoms with van der Waals surface area (Å²) in [6, 6.07) is 7.42. The molecular formula is C24H28F3N3O2S. The van der Waals surface area contributed by atoms with Gasteiger partial charge in [-0.25, -0.2) is 18.2 Å². The largest absolute Gasteiger partial charge is 0.372 e. The third kappa shape index (κ3) is 4.67. The molecule has 1 aliphatic heterocycles. The fourth-order valence-electron chi connectivity index (χ4n) is 4.14. The molecule has 3 rings (SSSR count). The van der Waals surface area contributed by atoms with Gasteiger partial charge in [0.2, 0.25) is 0 Å². The average molecular weight is 480 g/mol. The first-order valence-electron chi connectivity index (χ1n) is 10.8. The van der Waals surface area contributed by atoms with Crippen molar-refractivity contribution in [2.45, 2.75) is 44.6 Å². The van der Waals surface area contributed by atoms with Crippen LogP contribution in [0.2, 0.25) is 0 Å². The fourth-order valence-corrected chi connectivity index (χ4v) is 5.82. The molecule has 2 N–H and O–H groups in total. The molecule has 0 radical (unpaired) electrons. The number of nitrogens with two attached hydrogens (primary N) is 1.